The van der Waals surface area contributed by atoms with E-state index < -0.39 is 15.4 Å². The second-order valence-electron chi connectivity index (χ2n) is 6.24. The Morgan fingerprint density at radius 1 is 1.28 bits per heavy atom. The minimum Gasteiger partial charge on any atom is -0.389 e. The van der Waals surface area contributed by atoms with E-state index >= 15 is 0 Å². The second-order valence-corrected chi connectivity index (χ2v) is 8.47. The zero-order valence-electron chi connectivity index (χ0n) is 11.2. The van der Waals surface area contributed by atoms with Gasteiger partial charge in [-0.3, -0.25) is 0 Å². The van der Waals surface area contributed by atoms with Crippen LogP contribution in [0.15, 0.2) is 0 Å². The van der Waals surface area contributed by atoms with Crippen molar-refractivity contribution in [1.29, 1.82) is 0 Å². The monoisotopic (exact) mass is 275 g/mol. The Kier molecular flexibility index (Phi) is 4.34. The Labute approximate surface area is 110 Å². The Morgan fingerprint density at radius 2 is 1.94 bits per heavy atom. The molecule has 1 atom stereocenters. The summed E-state index contributed by atoms with van der Waals surface area (Å²) in [5.41, 5.74) is -0.617. The predicted octanol–water partition coefficient (Wildman–Crippen LogP) is 1.09. The summed E-state index contributed by atoms with van der Waals surface area (Å²) < 4.78 is 23.1. The van der Waals surface area contributed by atoms with Crippen molar-refractivity contribution in [2.24, 2.45) is 5.92 Å². The molecule has 0 amide bonds. The molecule has 0 spiro atoms. The topological polar surface area (TPSA) is 66.4 Å². The molecule has 1 saturated heterocycles. The van der Waals surface area contributed by atoms with E-state index in [0.29, 0.717) is 18.2 Å². The Bertz CT molecular complexity index is 372. The van der Waals surface area contributed by atoms with Gasteiger partial charge in [0.1, 0.15) is 0 Å². The summed E-state index contributed by atoms with van der Waals surface area (Å²) >= 11 is 0. The van der Waals surface area contributed by atoms with Gasteiger partial charge in [-0.05, 0) is 44.4 Å². The van der Waals surface area contributed by atoms with Gasteiger partial charge in [0.25, 0.3) is 0 Å². The predicted molar refractivity (Wildman–Crippen MR) is 72.3 cm³/mol. The average Bonchev–Trinajstić information content (AvgIpc) is 2.30. The van der Waals surface area contributed by atoms with Crippen LogP contribution in [-0.4, -0.2) is 43.2 Å². The van der Waals surface area contributed by atoms with Crippen LogP contribution in [0.5, 0.6) is 0 Å². The molecule has 2 N–H and O–H groups in total. The third-order valence-corrected chi connectivity index (χ3v) is 6.21. The highest BCUT2D eigenvalue weighted by atomic mass is 32.2. The molecule has 1 heterocycles. The molecular weight excluding hydrogens is 250 g/mol. The van der Waals surface area contributed by atoms with Gasteiger partial charge < -0.3 is 10.4 Å². The molecule has 2 fully saturated rings. The van der Waals surface area contributed by atoms with E-state index in [1.54, 1.807) is 0 Å². The van der Waals surface area contributed by atoms with Gasteiger partial charge >= 0.3 is 0 Å². The molecule has 106 valence electrons. The Hall–Kier alpha value is -0.130. The fourth-order valence-corrected chi connectivity index (χ4v) is 4.67. The molecule has 4 nitrogen and oxygen atoms in total. The average molecular weight is 275 g/mol. The molecule has 5 heteroatoms. The number of aliphatic hydroxyl groups is 1. The quantitative estimate of drug-likeness (QED) is 0.809. The smallest absolute Gasteiger partial charge is 0.151 e. The molecule has 0 aromatic rings. The number of sulfone groups is 1. The normalized spacial score (nSPS) is 40.6. The third-order valence-electron chi connectivity index (χ3n) is 4.39. The van der Waals surface area contributed by atoms with Crippen molar-refractivity contribution in [3.05, 3.63) is 0 Å². The van der Waals surface area contributed by atoms with Gasteiger partial charge in [-0.25, -0.2) is 8.42 Å². The summed E-state index contributed by atoms with van der Waals surface area (Å²) in [4.78, 5) is 0. The molecule has 2 rings (SSSR count). The summed E-state index contributed by atoms with van der Waals surface area (Å²) in [6, 6.07) is 0.0344. The summed E-state index contributed by atoms with van der Waals surface area (Å²) in [5, 5.41) is 13.7. The lowest BCUT2D eigenvalue weighted by molar-refractivity contribution is -0.00796. The maximum absolute atomic E-state index is 11.5. The van der Waals surface area contributed by atoms with Crippen LogP contribution < -0.4 is 5.32 Å². The van der Waals surface area contributed by atoms with Crippen LogP contribution in [-0.2, 0) is 9.84 Å². The number of hydrogen-bond acceptors (Lipinski definition) is 4. The highest BCUT2D eigenvalue weighted by molar-refractivity contribution is 7.91. The molecule has 1 aliphatic heterocycles. The molecule has 0 bridgehead atoms. The maximum atomic E-state index is 11.5. The van der Waals surface area contributed by atoms with Crippen LogP contribution in [0.2, 0.25) is 0 Å². The molecule has 1 saturated carbocycles. The van der Waals surface area contributed by atoms with Crippen molar-refractivity contribution in [3.8, 4) is 0 Å². The summed E-state index contributed by atoms with van der Waals surface area (Å²) in [6.07, 6.45) is 5.46. The molecule has 2 aliphatic rings. The first-order valence-corrected chi connectivity index (χ1v) is 8.87. The number of rotatable bonds is 3. The van der Waals surface area contributed by atoms with E-state index in [1.165, 1.54) is 0 Å². The van der Waals surface area contributed by atoms with Crippen molar-refractivity contribution in [2.75, 3.05) is 18.1 Å². The Morgan fingerprint density at radius 3 is 2.56 bits per heavy atom. The maximum Gasteiger partial charge on any atom is 0.151 e. The molecule has 0 aromatic heterocycles. The van der Waals surface area contributed by atoms with Gasteiger partial charge in [0, 0.05) is 12.6 Å². The van der Waals surface area contributed by atoms with Crippen LogP contribution in [0.1, 0.15) is 45.4 Å². The van der Waals surface area contributed by atoms with Gasteiger partial charge in [-0.15, -0.1) is 0 Å². The van der Waals surface area contributed by atoms with Crippen molar-refractivity contribution in [3.63, 3.8) is 0 Å². The highest BCUT2D eigenvalue weighted by Crippen LogP contribution is 2.31. The lowest BCUT2D eigenvalue weighted by Crippen LogP contribution is -2.49. The third kappa shape index (κ3) is 3.93. The fourth-order valence-electron chi connectivity index (χ4n) is 2.99. The number of hydrogen-bond donors (Lipinski definition) is 2. The molecular formula is C13H25NO3S. The van der Waals surface area contributed by atoms with Gasteiger partial charge in [0.15, 0.2) is 9.84 Å². The van der Waals surface area contributed by atoms with Crippen LogP contribution >= 0.6 is 0 Å². The van der Waals surface area contributed by atoms with Gasteiger partial charge in [-0.2, -0.15) is 0 Å². The first-order valence-electron chi connectivity index (χ1n) is 7.05. The lowest BCUT2D eigenvalue weighted by Gasteiger charge is -2.36. The van der Waals surface area contributed by atoms with E-state index in [2.05, 4.69) is 12.2 Å². The van der Waals surface area contributed by atoms with Gasteiger partial charge in [-0.1, -0.05) is 6.92 Å². The van der Waals surface area contributed by atoms with Crippen LogP contribution in [0.25, 0.3) is 0 Å². The summed E-state index contributed by atoms with van der Waals surface area (Å²) in [7, 11) is -2.86. The molecule has 18 heavy (non-hydrogen) atoms. The second kappa shape index (κ2) is 5.47. The van der Waals surface area contributed by atoms with Crippen molar-refractivity contribution in [1.82, 2.24) is 5.32 Å². The lowest BCUT2D eigenvalue weighted by atomic mass is 9.79. The van der Waals surface area contributed by atoms with Crippen molar-refractivity contribution < 1.29 is 13.5 Å². The van der Waals surface area contributed by atoms with E-state index in [0.717, 1.165) is 38.5 Å². The molecule has 1 unspecified atom stereocenters. The van der Waals surface area contributed by atoms with E-state index in [-0.39, 0.29) is 11.8 Å². The summed E-state index contributed by atoms with van der Waals surface area (Å²) in [5.74, 6) is 1.27. The van der Waals surface area contributed by atoms with Crippen LogP contribution in [0, 0.1) is 5.92 Å². The van der Waals surface area contributed by atoms with Crippen molar-refractivity contribution >= 4 is 9.84 Å². The standard InChI is InChI=1S/C13H25NO3S/c1-11-4-6-13(15,7-5-11)10-14-12-3-2-8-18(16,17)9-12/h11-12,14-15H,2-10H2,1H3. The van der Waals surface area contributed by atoms with Crippen LogP contribution in [0.4, 0.5) is 0 Å². The van der Waals surface area contributed by atoms with E-state index in [9.17, 15) is 13.5 Å². The largest absolute Gasteiger partial charge is 0.389 e. The highest BCUT2D eigenvalue weighted by Gasteiger charge is 2.33. The molecule has 0 radical (unpaired) electrons. The van der Waals surface area contributed by atoms with Crippen LogP contribution in [0.3, 0.4) is 0 Å². The zero-order chi connectivity index (χ0) is 13.2. The first-order chi connectivity index (χ1) is 8.39. The zero-order valence-corrected chi connectivity index (χ0v) is 12.0. The van der Waals surface area contributed by atoms with E-state index in [1.807, 2.05) is 0 Å². The van der Waals surface area contributed by atoms with Crippen molar-refractivity contribution in [2.45, 2.75) is 57.1 Å². The molecule has 0 aromatic carbocycles. The SMILES string of the molecule is CC1CCC(O)(CNC2CCCS(=O)(=O)C2)CC1. The minimum atomic E-state index is -2.86. The van der Waals surface area contributed by atoms with E-state index in [4.69, 9.17) is 0 Å². The molecule has 1 aliphatic carbocycles. The van der Waals surface area contributed by atoms with Gasteiger partial charge in [0.2, 0.25) is 0 Å². The fraction of sp³-hybridized carbons (Fsp3) is 1.00. The minimum absolute atomic E-state index is 0.0344. The number of nitrogens with one attached hydrogen (secondary N) is 1. The Balaban J connectivity index is 1.80. The summed E-state index contributed by atoms with van der Waals surface area (Å²) in [6.45, 7) is 2.76. The van der Waals surface area contributed by atoms with Gasteiger partial charge in [0.05, 0.1) is 17.1 Å². The first kappa shape index (κ1) is 14.3.